The molecule has 5 rings (SSSR count). The average molecular weight is 510 g/mol. The number of fused-ring (bicyclic) bond motifs is 1. The van der Waals surface area contributed by atoms with Crippen molar-refractivity contribution >= 4 is 46.1 Å². The molecule has 11 heteroatoms. The second-order valence-electron chi connectivity index (χ2n) is 9.20. The molecule has 4 heterocycles. The molecule has 10 nitrogen and oxygen atoms in total. The van der Waals surface area contributed by atoms with Crippen molar-refractivity contribution in [1.29, 1.82) is 0 Å². The fraction of sp³-hybridized carbons (Fsp3) is 0.480. The molecule has 36 heavy (non-hydrogen) atoms. The van der Waals surface area contributed by atoms with Crippen LogP contribution in [-0.4, -0.2) is 77.2 Å². The predicted molar refractivity (Wildman–Crippen MR) is 140 cm³/mol. The molecule has 2 aliphatic rings. The Morgan fingerprint density at radius 2 is 2.00 bits per heavy atom. The minimum atomic E-state index is -0.369. The van der Waals surface area contributed by atoms with Crippen molar-refractivity contribution in [2.75, 3.05) is 55.4 Å². The van der Waals surface area contributed by atoms with E-state index in [2.05, 4.69) is 20.3 Å². The summed E-state index contributed by atoms with van der Waals surface area (Å²) in [7, 11) is 0. The van der Waals surface area contributed by atoms with E-state index in [9.17, 15) is 9.59 Å². The van der Waals surface area contributed by atoms with Gasteiger partial charge in [0.15, 0.2) is 10.8 Å². The zero-order chi connectivity index (χ0) is 25.2. The molecular weight excluding hydrogens is 478 g/mol. The van der Waals surface area contributed by atoms with Crippen LogP contribution < -0.4 is 15.1 Å². The maximum Gasteiger partial charge on any atom is 0.227 e. The largest absolute Gasteiger partial charge is 0.378 e. The van der Waals surface area contributed by atoms with Gasteiger partial charge >= 0.3 is 0 Å². The number of aryl methyl sites for hydroxylation is 2. The van der Waals surface area contributed by atoms with Gasteiger partial charge < -0.3 is 19.9 Å². The molecule has 0 radical (unpaired) electrons. The first-order chi connectivity index (χ1) is 17.4. The summed E-state index contributed by atoms with van der Waals surface area (Å²) in [5.74, 6) is 0.374. The van der Waals surface area contributed by atoms with E-state index in [1.807, 2.05) is 43.0 Å². The van der Waals surface area contributed by atoms with Crippen molar-refractivity contribution in [2.24, 2.45) is 5.92 Å². The number of benzene rings is 1. The molecular formula is C25H31N7O3S. The lowest BCUT2D eigenvalue weighted by atomic mass is 10.1. The smallest absolute Gasteiger partial charge is 0.227 e. The molecule has 2 aromatic heterocycles. The third-order valence-electron chi connectivity index (χ3n) is 6.87. The molecule has 1 aromatic carbocycles. The fourth-order valence-electron chi connectivity index (χ4n) is 4.65. The second-order valence-corrected chi connectivity index (χ2v) is 9.98. The van der Waals surface area contributed by atoms with Gasteiger partial charge in [0.1, 0.15) is 5.82 Å². The van der Waals surface area contributed by atoms with Gasteiger partial charge in [-0.25, -0.2) is 14.6 Å². The highest BCUT2D eigenvalue weighted by molar-refractivity contribution is 7.98. The van der Waals surface area contributed by atoms with Crippen LogP contribution in [0.3, 0.4) is 0 Å². The number of rotatable bonds is 7. The SMILES string of the molecule is CSc1nc(N2CCOCC2)c2cnn(CCNC(=O)C3CC(=O)N(c4ccc(C)c(C)c4)C3)c2n1. The third-order valence-corrected chi connectivity index (χ3v) is 7.42. The molecule has 0 saturated carbocycles. The van der Waals surface area contributed by atoms with E-state index in [1.165, 1.54) is 17.3 Å². The van der Waals surface area contributed by atoms with Gasteiger partial charge in [-0.3, -0.25) is 9.59 Å². The first kappa shape index (κ1) is 24.5. The zero-order valence-electron chi connectivity index (χ0n) is 20.9. The summed E-state index contributed by atoms with van der Waals surface area (Å²) in [6.45, 7) is 8.24. The lowest BCUT2D eigenvalue weighted by Crippen LogP contribution is -2.37. The highest BCUT2D eigenvalue weighted by atomic mass is 32.2. The van der Waals surface area contributed by atoms with E-state index >= 15 is 0 Å². The molecule has 2 aliphatic heterocycles. The Morgan fingerprint density at radius 3 is 2.75 bits per heavy atom. The van der Waals surface area contributed by atoms with Crippen LogP contribution in [0.15, 0.2) is 29.6 Å². The normalized spacial score (nSPS) is 18.3. The number of morpholine rings is 1. The van der Waals surface area contributed by atoms with Crippen molar-refractivity contribution in [3.63, 3.8) is 0 Å². The fourth-order valence-corrected chi connectivity index (χ4v) is 5.00. The Kier molecular flexibility index (Phi) is 7.10. The van der Waals surface area contributed by atoms with Crippen molar-refractivity contribution in [2.45, 2.75) is 32.0 Å². The molecule has 2 amide bonds. The number of thioether (sulfide) groups is 1. The minimum absolute atomic E-state index is 0.0200. The lowest BCUT2D eigenvalue weighted by molar-refractivity contribution is -0.126. The number of nitrogens with zero attached hydrogens (tertiary/aromatic N) is 6. The summed E-state index contributed by atoms with van der Waals surface area (Å²) in [5, 5.41) is 9.11. The molecule has 0 spiro atoms. The van der Waals surface area contributed by atoms with E-state index in [4.69, 9.17) is 9.72 Å². The molecule has 190 valence electrons. The maximum atomic E-state index is 12.9. The van der Waals surface area contributed by atoms with Crippen LogP contribution in [0.25, 0.3) is 11.0 Å². The summed E-state index contributed by atoms with van der Waals surface area (Å²) >= 11 is 1.49. The number of ether oxygens (including phenoxy) is 1. The summed E-state index contributed by atoms with van der Waals surface area (Å²) in [4.78, 5) is 38.8. The zero-order valence-corrected chi connectivity index (χ0v) is 21.7. The quantitative estimate of drug-likeness (QED) is 0.382. The van der Waals surface area contributed by atoms with Crippen LogP contribution in [-0.2, 0) is 20.9 Å². The van der Waals surface area contributed by atoms with Crippen LogP contribution in [0.1, 0.15) is 17.5 Å². The van der Waals surface area contributed by atoms with E-state index in [1.54, 1.807) is 11.1 Å². The van der Waals surface area contributed by atoms with Gasteiger partial charge in [-0.05, 0) is 43.4 Å². The third kappa shape index (κ3) is 4.90. The average Bonchev–Trinajstić information content (AvgIpc) is 3.49. The number of nitrogens with one attached hydrogen (secondary N) is 1. The summed E-state index contributed by atoms with van der Waals surface area (Å²) < 4.78 is 7.29. The van der Waals surface area contributed by atoms with Crippen LogP contribution >= 0.6 is 11.8 Å². The monoisotopic (exact) mass is 509 g/mol. The number of aromatic nitrogens is 4. The number of hydrogen-bond donors (Lipinski definition) is 1. The van der Waals surface area contributed by atoms with Gasteiger partial charge in [0, 0.05) is 38.3 Å². The van der Waals surface area contributed by atoms with E-state index in [0.29, 0.717) is 38.0 Å². The van der Waals surface area contributed by atoms with Gasteiger partial charge in [0.25, 0.3) is 0 Å². The Labute approximate surface area is 214 Å². The van der Waals surface area contributed by atoms with Crippen molar-refractivity contribution in [3.05, 3.63) is 35.5 Å². The van der Waals surface area contributed by atoms with Gasteiger partial charge in [-0.2, -0.15) is 5.10 Å². The first-order valence-electron chi connectivity index (χ1n) is 12.2. The number of carbonyl (C=O) groups excluding carboxylic acids is 2. The molecule has 2 saturated heterocycles. The van der Waals surface area contributed by atoms with Crippen LogP contribution in [0.2, 0.25) is 0 Å². The summed E-state index contributed by atoms with van der Waals surface area (Å²) in [6, 6.07) is 5.96. The number of carbonyl (C=O) groups is 2. The molecule has 1 N–H and O–H groups in total. The minimum Gasteiger partial charge on any atom is -0.378 e. The van der Waals surface area contributed by atoms with Gasteiger partial charge in [0.05, 0.1) is 37.3 Å². The Hall–Kier alpha value is -3.18. The predicted octanol–water partition coefficient (Wildman–Crippen LogP) is 2.17. The molecule has 1 atom stereocenters. The Morgan fingerprint density at radius 1 is 1.19 bits per heavy atom. The van der Waals surface area contributed by atoms with E-state index in [0.717, 1.165) is 41.2 Å². The summed E-state index contributed by atoms with van der Waals surface area (Å²) in [5.41, 5.74) is 3.91. The maximum absolute atomic E-state index is 12.9. The van der Waals surface area contributed by atoms with Crippen molar-refractivity contribution in [1.82, 2.24) is 25.1 Å². The van der Waals surface area contributed by atoms with Crippen LogP contribution in [0.4, 0.5) is 11.5 Å². The number of amides is 2. The highest BCUT2D eigenvalue weighted by Crippen LogP contribution is 2.28. The summed E-state index contributed by atoms with van der Waals surface area (Å²) in [6.07, 6.45) is 3.97. The van der Waals surface area contributed by atoms with Crippen LogP contribution in [0, 0.1) is 19.8 Å². The lowest BCUT2D eigenvalue weighted by Gasteiger charge is -2.28. The molecule has 3 aromatic rings. The second kappa shape index (κ2) is 10.4. The van der Waals surface area contributed by atoms with E-state index in [-0.39, 0.29) is 24.2 Å². The molecule has 0 bridgehead atoms. The number of hydrogen-bond acceptors (Lipinski definition) is 8. The van der Waals surface area contributed by atoms with Crippen LogP contribution in [0.5, 0.6) is 0 Å². The topological polar surface area (TPSA) is 105 Å². The van der Waals surface area contributed by atoms with Crippen molar-refractivity contribution < 1.29 is 14.3 Å². The molecule has 1 unspecified atom stereocenters. The first-order valence-corrected chi connectivity index (χ1v) is 13.4. The Bertz CT molecular complexity index is 1290. The number of anilines is 2. The highest BCUT2D eigenvalue weighted by Gasteiger charge is 2.35. The Balaban J connectivity index is 1.23. The van der Waals surface area contributed by atoms with Gasteiger partial charge in [-0.15, -0.1) is 0 Å². The standard InChI is InChI=1S/C25H31N7O3S/c1-16-4-5-19(12-17(16)2)31-15-18(13-21(31)33)24(34)26-6-7-32-23-20(14-27-32)22(28-25(29-23)36-3)30-8-10-35-11-9-30/h4-5,12,14,18H,6-11,13,15H2,1-3H3,(H,26,34). The van der Waals surface area contributed by atoms with Gasteiger partial charge in [0.2, 0.25) is 11.8 Å². The van der Waals surface area contributed by atoms with Crippen molar-refractivity contribution in [3.8, 4) is 0 Å². The molecule has 0 aliphatic carbocycles. The molecule has 2 fully saturated rings. The van der Waals surface area contributed by atoms with E-state index < -0.39 is 0 Å². The van der Waals surface area contributed by atoms with Gasteiger partial charge in [-0.1, -0.05) is 17.8 Å².